The molecule has 0 aliphatic heterocycles. The fraction of sp³-hybridized carbons (Fsp3) is 0.500. The van der Waals surface area contributed by atoms with E-state index in [4.69, 9.17) is 15.2 Å². The molecule has 0 heterocycles. The van der Waals surface area contributed by atoms with Crippen LogP contribution in [0, 0.1) is 0 Å². The van der Waals surface area contributed by atoms with Gasteiger partial charge in [0.15, 0.2) is 0 Å². The maximum absolute atomic E-state index is 11.3. The first kappa shape index (κ1) is 16.7. The molecule has 0 fully saturated rings. The molecule has 1 atom stereocenters. The third-order valence-corrected chi connectivity index (χ3v) is 3.75. The predicted molar refractivity (Wildman–Crippen MR) is 80.0 cm³/mol. The van der Waals surface area contributed by atoms with Crippen molar-refractivity contribution in [3.05, 3.63) is 17.7 Å². The van der Waals surface area contributed by atoms with Gasteiger partial charge in [-0.3, -0.25) is 4.79 Å². The van der Waals surface area contributed by atoms with Crippen LogP contribution >= 0.6 is 11.8 Å². The molecule has 0 spiro atoms. The molecule has 0 aliphatic carbocycles. The average Bonchev–Trinajstić information content (AvgIpc) is 2.39. The number of carbonyl (C=O) groups is 1. The Labute approximate surface area is 123 Å². The van der Waals surface area contributed by atoms with Gasteiger partial charge in [0.25, 0.3) is 0 Å². The van der Waals surface area contributed by atoms with Crippen molar-refractivity contribution in [3.8, 4) is 11.5 Å². The van der Waals surface area contributed by atoms with Gasteiger partial charge in [-0.15, -0.1) is 11.8 Å². The standard InChI is InChI=1S/C14H21NO4S/c1-8(2)20-9-5-11(18-3)13(12(6-9)19-4)10(7-15)14(16)17/h5-6,8,10H,7,15H2,1-4H3,(H,16,17). The molecular weight excluding hydrogens is 278 g/mol. The second-order valence-corrected chi connectivity index (χ2v) is 6.18. The summed E-state index contributed by atoms with van der Waals surface area (Å²) in [7, 11) is 3.02. The van der Waals surface area contributed by atoms with Crippen molar-refractivity contribution in [3.63, 3.8) is 0 Å². The van der Waals surface area contributed by atoms with Crippen molar-refractivity contribution < 1.29 is 19.4 Å². The number of rotatable bonds is 7. The summed E-state index contributed by atoms with van der Waals surface area (Å²) in [5.41, 5.74) is 6.06. The number of carboxylic acids is 1. The highest BCUT2D eigenvalue weighted by Gasteiger charge is 2.27. The van der Waals surface area contributed by atoms with Gasteiger partial charge in [-0.05, 0) is 12.1 Å². The predicted octanol–water partition coefficient (Wildman–Crippen LogP) is 2.33. The molecule has 0 saturated carbocycles. The lowest BCUT2D eigenvalue weighted by atomic mass is 9.97. The molecule has 112 valence electrons. The zero-order chi connectivity index (χ0) is 15.3. The van der Waals surface area contributed by atoms with Crippen LogP contribution in [0.2, 0.25) is 0 Å². The maximum Gasteiger partial charge on any atom is 0.312 e. The van der Waals surface area contributed by atoms with Crippen LogP contribution in [0.4, 0.5) is 0 Å². The van der Waals surface area contributed by atoms with Crippen LogP contribution in [0.15, 0.2) is 17.0 Å². The molecule has 5 nitrogen and oxygen atoms in total. The number of thioether (sulfide) groups is 1. The first-order chi connectivity index (χ1) is 9.44. The molecule has 1 aromatic rings. The van der Waals surface area contributed by atoms with Crippen molar-refractivity contribution in [2.45, 2.75) is 29.9 Å². The third kappa shape index (κ3) is 3.80. The van der Waals surface area contributed by atoms with Gasteiger partial charge < -0.3 is 20.3 Å². The zero-order valence-corrected chi connectivity index (χ0v) is 13.0. The van der Waals surface area contributed by atoms with E-state index in [-0.39, 0.29) is 6.54 Å². The highest BCUT2D eigenvalue weighted by molar-refractivity contribution is 7.99. The molecule has 3 N–H and O–H groups in total. The number of carboxylic acid groups (broad SMARTS) is 1. The first-order valence-corrected chi connectivity index (χ1v) is 7.18. The normalized spacial score (nSPS) is 12.3. The van der Waals surface area contributed by atoms with Crippen LogP contribution in [0.25, 0.3) is 0 Å². The second-order valence-electron chi connectivity index (χ2n) is 4.53. The summed E-state index contributed by atoms with van der Waals surface area (Å²) in [5.74, 6) is -0.859. The van der Waals surface area contributed by atoms with Crippen LogP contribution in [0.1, 0.15) is 25.3 Å². The summed E-state index contributed by atoms with van der Waals surface area (Å²) in [6.07, 6.45) is 0. The molecule has 1 aromatic carbocycles. The molecule has 6 heteroatoms. The summed E-state index contributed by atoms with van der Waals surface area (Å²) in [6, 6.07) is 3.66. The van der Waals surface area contributed by atoms with Crippen molar-refractivity contribution >= 4 is 17.7 Å². The van der Waals surface area contributed by atoms with E-state index in [1.54, 1.807) is 11.8 Å². The fourth-order valence-corrected chi connectivity index (χ4v) is 2.84. The van der Waals surface area contributed by atoms with E-state index in [1.165, 1.54) is 14.2 Å². The second kappa shape index (κ2) is 7.40. The molecule has 0 aliphatic rings. The molecule has 20 heavy (non-hydrogen) atoms. The van der Waals surface area contributed by atoms with Crippen molar-refractivity contribution in [1.82, 2.24) is 0 Å². The van der Waals surface area contributed by atoms with E-state index in [0.717, 1.165) is 4.90 Å². The fourth-order valence-electron chi connectivity index (χ4n) is 1.94. The smallest absolute Gasteiger partial charge is 0.312 e. The Kier molecular flexibility index (Phi) is 6.16. The summed E-state index contributed by atoms with van der Waals surface area (Å²) >= 11 is 1.66. The number of aliphatic carboxylic acids is 1. The van der Waals surface area contributed by atoms with Crippen molar-refractivity contribution in [2.24, 2.45) is 5.73 Å². The first-order valence-electron chi connectivity index (χ1n) is 6.30. The molecule has 1 unspecified atom stereocenters. The minimum atomic E-state index is -0.992. The number of hydrogen-bond donors (Lipinski definition) is 2. The molecule has 0 aromatic heterocycles. The summed E-state index contributed by atoms with van der Waals surface area (Å²) in [5, 5.41) is 9.69. The van der Waals surface area contributed by atoms with Gasteiger partial charge in [-0.25, -0.2) is 0 Å². The van der Waals surface area contributed by atoms with Gasteiger partial charge in [0.2, 0.25) is 0 Å². The van der Waals surface area contributed by atoms with Crippen LogP contribution in [-0.2, 0) is 4.79 Å². The SMILES string of the molecule is COc1cc(SC(C)C)cc(OC)c1C(CN)C(=O)O. The van der Waals surface area contributed by atoms with Crippen LogP contribution < -0.4 is 15.2 Å². The zero-order valence-electron chi connectivity index (χ0n) is 12.2. The number of benzene rings is 1. The van der Waals surface area contributed by atoms with E-state index >= 15 is 0 Å². The molecule has 1 rings (SSSR count). The number of methoxy groups -OCH3 is 2. The third-order valence-electron chi connectivity index (χ3n) is 2.77. The summed E-state index contributed by atoms with van der Waals surface area (Å²) in [4.78, 5) is 12.3. The maximum atomic E-state index is 11.3. The van der Waals surface area contributed by atoms with Crippen molar-refractivity contribution in [2.75, 3.05) is 20.8 Å². The Bertz CT molecular complexity index is 451. The van der Waals surface area contributed by atoms with Gasteiger partial charge in [0, 0.05) is 16.7 Å². The lowest BCUT2D eigenvalue weighted by molar-refractivity contribution is -0.138. The van der Waals surface area contributed by atoms with Gasteiger partial charge >= 0.3 is 5.97 Å². The summed E-state index contributed by atoms with van der Waals surface area (Å²) in [6.45, 7) is 4.15. The molecule has 0 amide bonds. The minimum absolute atomic E-state index is 0.0152. The molecule has 0 bridgehead atoms. The van der Waals surface area contributed by atoms with Crippen LogP contribution in [-0.4, -0.2) is 37.1 Å². The lowest BCUT2D eigenvalue weighted by Crippen LogP contribution is -2.22. The van der Waals surface area contributed by atoms with E-state index in [9.17, 15) is 9.90 Å². The highest BCUT2D eigenvalue weighted by atomic mass is 32.2. The average molecular weight is 299 g/mol. The van der Waals surface area contributed by atoms with Crippen LogP contribution in [0.5, 0.6) is 11.5 Å². The Morgan fingerprint density at radius 1 is 1.30 bits per heavy atom. The monoisotopic (exact) mass is 299 g/mol. The Hall–Kier alpha value is -1.40. The van der Waals surface area contributed by atoms with Gasteiger partial charge in [-0.2, -0.15) is 0 Å². The van der Waals surface area contributed by atoms with Crippen molar-refractivity contribution in [1.29, 1.82) is 0 Å². The molecule has 0 radical (unpaired) electrons. The number of ether oxygens (including phenoxy) is 2. The quantitative estimate of drug-likeness (QED) is 0.752. The topological polar surface area (TPSA) is 81.8 Å². The molecule has 0 saturated heterocycles. The number of nitrogens with two attached hydrogens (primary N) is 1. The van der Waals surface area contributed by atoms with E-state index in [1.807, 2.05) is 12.1 Å². The van der Waals surface area contributed by atoms with E-state index < -0.39 is 11.9 Å². The summed E-state index contributed by atoms with van der Waals surface area (Å²) < 4.78 is 10.7. The lowest BCUT2D eigenvalue weighted by Gasteiger charge is -2.19. The highest BCUT2D eigenvalue weighted by Crippen LogP contribution is 2.40. The Morgan fingerprint density at radius 2 is 1.80 bits per heavy atom. The minimum Gasteiger partial charge on any atom is -0.496 e. The van der Waals surface area contributed by atoms with Gasteiger partial charge in [0.05, 0.1) is 19.8 Å². The van der Waals surface area contributed by atoms with Gasteiger partial charge in [-0.1, -0.05) is 13.8 Å². The van der Waals surface area contributed by atoms with E-state index in [2.05, 4.69) is 13.8 Å². The molecular formula is C14H21NO4S. The Morgan fingerprint density at radius 3 is 2.10 bits per heavy atom. The Balaban J connectivity index is 3.38. The number of hydrogen-bond acceptors (Lipinski definition) is 5. The van der Waals surface area contributed by atoms with Crippen LogP contribution in [0.3, 0.4) is 0 Å². The largest absolute Gasteiger partial charge is 0.496 e. The van der Waals surface area contributed by atoms with E-state index in [0.29, 0.717) is 22.3 Å². The van der Waals surface area contributed by atoms with Gasteiger partial charge in [0.1, 0.15) is 17.4 Å².